The third-order valence-electron chi connectivity index (χ3n) is 6.78. The molecule has 0 bridgehead atoms. The summed E-state index contributed by atoms with van der Waals surface area (Å²) in [5, 5.41) is 25.9. The van der Waals surface area contributed by atoms with Gasteiger partial charge in [0.15, 0.2) is 5.66 Å². The highest BCUT2D eigenvalue weighted by molar-refractivity contribution is 8.13. The van der Waals surface area contributed by atoms with Gasteiger partial charge in [0.25, 0.3) is 0 Å². The van der Waals surface area contributed by atoms with Crippen molar-refractivity contribution in [3.05, 3.63) is 137 Å². The third kappa shape index (κ3) is 3.77. The van der Waals surface area contributed by atoms with E-state index in [0.717, 1.165) is 39.1 Å². The number of thioether (sulfide) groups is 1. The lowest BCUT2D eigenvalue weighted by molar-refractivity contribution is -0.377. The largest absolute Gasteiger partial charge is 0.612 e. The number of anilines is 2. The lowest BCUT2D eigenvalue weighted by Gasteiger charge is -2.43. The summed E-state index contributed by atoms with van der Waals surface area (Å²) in [5.41, 5.74) is 7.83. The van der Waals surface area contributed by atoms with Crippen LogP contribution < -0.4 is 15.3 Å². The van der Waals surface area contributed by atoms with Gasteiger partial charge in [0, 0.05) is 29.7 Å². The second-order valence-electron chi connectivity index (χ2n) is 8.83. The molecule has 1 saturated heterocycles. The van der Waals surface area contributed by atoms with Crippen molar-refractivity contribution in [3.8, 4) is 0 Å². The summed E-state index contributed by atoms with van der Waals surface area (Å²) in [7, 11) is 0. The highest BCUT2D eigenvalue weighted by atomic mass is 32.2. The molecule has 1 aliphatic carbocycles. The molecule has 0 saturated carbocycles. The van der Waals surface area contributed by atoms with Crippen LogP contribution in [0.3, 0.4) is 0 Å². The van der Waals surface area contributed by atoms with Crippen molar-refractivity contribution in [1.29, 1.82) is 0 Å². The van der Waals surface area contributed by atoms with Crippen LogP contribution in [0, 0.1) is 10.4 Å². The molecule has 3 aliphatic rings. The summed E-state index contributed by atoms with van der Waals surface area (Å²) in [6.07, 6.45) is 9.38. The molecule has 0 aromatic heterocycles. The van der Waals surface area contributed by atoms with Crippen LogP contribution in [0.1, 0.15) is 12.0 Å². The molecule has 0 spiro atoms. The van der Waals surface area contributed by atoms with E-state index in [4.69, 9.17) is 4.99 Å². The van der Waals surface area contributed by atoms with E-state index in [1.54, 1.807) is 36.1 Å². The number of para-hydroxylation sites is 3. The smallest absolute Gasteiger partial charge is 0.222 e. The van der Waals surface area contributed by atoms with Crippen LogP contribution in [0.2, 0.25) is 0 Å². The molecule has 2 heterocycles. The Kier molecular flexibility index (Phi) is 5.73. The zero-order valence-electron chi connectivity index (χ0n) is 20.1. The predicted molar refractivity (Wildman–Crippen MR) is 152 cm³/mol. The molecule has 0 amide bonds. The maximum atomic E-state index is 11.4. The van der Waals surface area contributed by atoms with Crippen molar-refractivity contribution < 1.29 is 4.90 Å². The zero-order chi connectivity index (χ0) is 25.4. The molecule has 3 aromatic carbocycles. The number of hydrogen-bond donors (Lipinski definition) is 1. The average molecular weight is 507 g/mol. The van der Waals surface area contributed by atoms with Crippen LogP contribution in [0.5, 0.6) is 0 Å². The maximum absolute atomic E-state index is 11.4. The van der Waals surface area contributed by atoms with Gasteiger partial charge in [-0.05, 0) is 42.7 Å². The van der Waals surface area contributed by atoms with Gasteiger partial charge in [0.2, 0.25) is 5.71 Å². The van der Waals surface area contributed by atoms with Crippen LogP contribution in [0.25, 0.3) is 0 Å². The fourth-order valence-electron chi connectivity index (χ4n) is 5.12. The van der Waals surface area contributed by atoms with Gasteiger partial charge in [0.1, 0.15) is 5.82 Å². The fourth-order valence-corrected chi connectivity index (χ4v) is 5.65. The number of hydrogen-bond acceptors (Lipinski definition) is 7. The van der Waals surface area contributed by atoms with Crippen LogP contribution in [0.15, 0.2) is 126 Å². The number of rotatable bonds is 2. The summed E-state index contributed by atoms with van der Waals surface area (Å²) in [4.78, 5) is 7.02. The quantitative estimate of drug-likeness (QED) is 0.342. The van der Waals surface area contributed by atoms with Gasteiger partial charge < -0.3 is 10.4 Å². The van der Waals surface area contributed by atoms with E-state index in [0.29, 0.717) is 6.42 Å². The second-order valence-corrected chi connectivity index (χ2v) is 9.71. The fraction of sp³-hybridized carbons (Fsp3) is 0.103. The maximum Gasteiger partial charge on any atom is 0.222 e. The van der Waals surface area contributed by atoms with E-state index in [2.05, 4.69) is 64.1 Å². The van der Waals surface area contributed by atoms with Gasteiger partial charge in [-0.2, -0.15) is 4.90 Å². The number of fused-ring (bicyclic) bond motifs is 3. The monoisotopic (exact) mass is 506 g/mol. The van der Waals surface area contributed by atoms with Crippen molar-refractivity contribution >= 4 is 39.6 Å². The van der Waals surface area contributed by atoms with Crippen molar-refractivity contribution in [3.63, 3.8) is 0 Å². The first kappa shape index (κ1) is 23.0. The highest BCUT2D eigenvalue weighted by Crippen LogP contribution is 2.52. The normalized spacial score (nSPS) is 20.2. The Hall–Kier alpha value is -4.43. The van der Waals surface area contributed by atoms with Gasteiger partial charge in [-0.3, -0.25) is 15.3 Å². The van der Waals surface area contributed by atoms with Gasteiger partial charge in [0.05, 0.1) is 22.1 Å². The van der Waals surface area contributed by atoms with Crippen LogP contribution in [-0.2, 0) is 5.66 Å². The Morgan fingerprint density at radius 2 is 1.51 bits per heavy atom. The molecule has 3 aromatic rings. The van der Waals surface area contributed by atoms with E-state index < -0.39 is 5.66 Å². The number of hydrazine groups is 1. The molecule has 0 unspecified atom stereocenters. The Balaban J connectivity index is 1.68. The van der Waals surface area contributed by atoms with Crippen LogP contribution >= 0.6 is 11.8 Å². The SMILES string of the molecule is CSC1=Nc2ccccc2N2C(=C3C=CC(=[N+]([O-])[O-])C=C3)NN(c3ccccc3)[C@]2(c2ccccc2)C1. The summed E-state index contributed by atoms with van der Waals surface area (Å²) in [5.74, 6) is 0.826. The van der Waals surface area contributed by atoms with Crippen LogP contribution in [-0.4, -0.2) is 21.9 Å². The average Bonchev–Trinajstić information content (AvgIpc) is 3.21. The van der Waals surface area contributed by atoms with Crippen molar-refractivity contribution in [1.82, 2.24) is 5.43 Å². The Bertz CT molecular complexity index is 1470. The lowest BCUT2D eigenvalue weighted by Crippen LogP contribution is -2.53. The minimum Gasteiger partial charge on any atom is -0.612 e. The van der Waals surface area contributed by atoms with E-state index in [-0.39, 0.29) is 10.6 Å². The van der Waals surface area contributed by atoms with Crippen molar-refractivity contribution in [2.45, 2.75) is 12.1 Å². The first-order chi connectivity index (χ1) is 18.1. The number of aliphatic imine (C=N–C) groups is 1. The Morgan fingerprint density at radius 3 is 2.19 bits per heavy atom. The van der Waals surface area contributed by atoms with Crippen molar-refractivity contribution in [2.75, 3.05) is 16.2 Å². The molecule has 1 N–H and O–H groups in total. The number of nitrogens with zero attached hydrogens (tertiary/aromatic N) is 4. The Morgan fingerprint density at radius 1 is 0.865 bits per heavy atom. The number of allylic oxidation sites excluding steroid dienone is 5. The predicted octanol–water partition coefficient (Wildman–Crippen LogP) is 5.95. The molecule has 37 heavy (non-hydrogen) atoms. The number of benzene rings is 3. The standard InChI is InChI=1S/C29H24N5O2S/c1-37-27-20-29(22-10-4-2-5-11-22)32(26-15-9-8-14-25(26)30-27)28(21-16-18-24(19-17-21)34(35)36)31-33(29)23-12-6-3-7-13-23/h2-19,31H,20H2,1H3/q-1/t29-/m0/s1. The highest BCUT2D eigenvalue weighted by Gasteiger charge is 2.54. The number of nitrogens with one attached hydrogen (secondary N) is 1. The van der Waals surface area contributed by atoms with Gasteiger partial charge in [-0.25, -0.2) is 4.99 Å². The summed E-state index contributed by atoms with van der Waals surface area (Å²) in [6.45, 7) is 0. The van der Waals surface area contributed by atoms with Gasteiger partial charge >= 0.3 is 0 Å². The molecular formula is C29H24N5O2S-. The minimum atomic E-state index is -0.700. The molecule has 1 fully saturated rings. The first-order valence-corrected chi connectivity index (χ1v) is 13.1. The second kappa shape index (κ2) is 9.22. The van der Waals surface area contributed by atoms with E-state index in [9.17, 15) is 10.4 Å². The molecule has 7 nitrogen and oxygen atoms in total. The summed E-state index contributed by atoms with van der Waals surface area (Å²) in [6, 6.07) is 28.8. The van der Waals surface area contributed by atoms with E-state index >= 15 is 0 Å². The lowest BCUT2D eigenvalue weighted by atomic mass is 9.92. The Labute approximate surface area is 219 Å². The van der Waals surface area contributed by atoms with Crippen molar-refractivity contribution in [2.24, 2.45) is 4.99 Å². The molecule has 1 atom stereocenters. The first-order valence-electron chi connectivity index (χ1n) is 11.9. The van der Waals surface area contributed by atoms with Crippen LogP contribution in [0.4, 0.5) is 17.1 Å². The molecule has 2 aliphatic heterocycles. The molecule has 8 heteroatoms. The zero-order valence-corrected chi connectivity index (χ0v) is 20.9. The molecule has 184 valence electrons. The summed E-state index contributed by atoms with van der Waals surface area (Å²) >= 11 is 1.65. The molecule has 6 rings (SSSR count). The summed E-state index contributed by atoms with van der Waals surface area (Å²) < 4.78 is 0. The molecule has 0 radical (unpaired) electrons. The van der Waals surface area contributed by atoms with E-state index in [1.807, 2.05) is 42.5 Å². The molecular weight excluding hydrogens is 482 g/mol. The minimum absolute atomic E-state index is 0.0563. The topological polar surface area (TPSA) is 80.0 Å². The van der Waals surface area contributed by atoms with Gasteiger partial charge in [-0.1, -0.05) is 60.7 Å². The van der Waals surface area contributed by atoms with Gasteiger partial charge in [-0.15, -0.1) is 11.8 Å². The van der Waals surface area contributed by atoms with E-state index in [1.165, 1.54) is 0 Å². The third-order valence-corrected chi connectivity index (χ3v) is 7.49.